The molecule has 1 fully saturated rings. The van der Waals surface area contributed by atoms with Crippen molar-refractivity contribution in [1.29, 1.82) is 0 Å². The number of rotatable bonds is 7. The molecule has 0 saturated carbocycles. The lowest BCUT2D eigenvalue weighted by molar-refractivity contribution is -0.130. The Morgan fingerprint density at radius 3 is 2.39 bits per heavy atom. The highest BCUT2D eigenvalue weighted by Crippen LogP contribution is 2.24. The number of ether oxygens (including phenoxy) is 1. The largest absolute Gasteiger partial charge is 0.462 e. The highest BCUT2D eigenvalue weighted by molar-refractivity contribution is 7.89. The van der Waals surface area contributed by atoms with Gasteiger partial charge in [-0.2, -0.15) is 0 Å². The molecule has 0 spiro atoms. The van der Waals surface area contributed by atoms with Gasteiger partial charge in [-0.3, -0.25) is 4.79 Å². The average molecular weight is 451 g/mol. The van der Waals surface area contributed by atoms with E-state index in [0.717, 1.165) is 0 Å². The molecule has 11 nitrogen and oxygen atoms in total. The number of nitrogens with one attached hydrogen (secondary N) is 2. The van der Waals surface area contributed by atoms with Gasteiger partial charge in [0.15, 0.2) is 0 Å². The van der Waals surface area contributed by atoms with Gasteiger partial charge in [0, 0.05) is 50.0 Å². The number of carbonyl (C=O) groups excluding carboxylic acids is 2. The lowest BCUT2D eigenvalue weighted by Crippen LogP contribution is -2.51. The summed E-state index contributed by atoms with van der Waals surface area (Å²) in [4.78, 5) is 39.5. The molecular formula is C19H26N6O5S. The molecule has 31 heavy (non-hydrogen) atoms. The van der Waals surface area contributed by atoms with Gasteiger partial charge in [-0.15, -0.1) is 0 Å². The Bertz CT molecular complexity index is 1050. The third kappa shape index (κ3) is 5.02. The summed E-state index contributed by atoms with van der Waals surface area (Å²) in [6, 6.07) is 1.73. The first-order chi connectivity index (χ1) is 14.7. The second-order valence-electron chi connectivity index (χ2n) is 7.04. The van der Waals surface area contributed by atoms with E-state index in [-0.39, 0.29) is 23.0 Å². The van der Waals surface area contributed by atoms with Gasteiger partial charge in [0.25, 0.3) is 0 Å². The maximum Gasteiger partial charge on any atom is 0.341 e. The molecule has 1 aliphatic heterocycles. The molecule has 0 aliphatic carbocycles. The summed E-state index contributed by atoms with van der Waals surface area (Å²) in [6.45, 7) is 6.45. The van der Waals surface area contributed by atoms with Crippen LogP contribution in [-0.4, -0.2) is 79.5 Å². The zero-order valence-electron chi connectivity index (χ0n) is 17.7. The van der Waals surface area contributed by atoms with Crippen LogP contribution < -0.4 is 9.62 Å². The first-order valence-corrected chi connectivity index (χ1v) is 11.4. The summed E-state index contributed by atoms with van der Waals surface area (Å²) in [5, 5.41) is 0. The molecule has 0 radical (unpaired) electrons. The fraction of sp³-hybridized carbons (Fsp3) is 0.474. The van der Waals surface area contributed by atoms with Gasteiger partial charge in [-0.1, -0.05) is 0 Å². The van der Waals surface area contributed by atoms with Crippen molar-refractivity contribution in [2.24, 2.45) is 0 Å². The maximum atomic E-state index is 12.9. The van der Waals surface area contributed by atoms with Gasteiger partial charge in [-0.05, 0) is 26.8 Å². The van der Waals surface area contributed by atoms with Gasteiger partial charge in [-0.25, -0.2) is 27.9 Å². The minimum Gasteiger partial charge on any atom is -0.462 e. The van der Waals surface area contributed by atoms with Crippen molar-refractivity contribution >= 4 is 27.8 Å². The summed E-state index contributed by atoms with van der Waals surface area (Å²) in [5.41, 5.74) is 0.648. The smallest absolute Gasteiger partial charge is 0.341 e. The Morgan fingerprint density at radius 1 is 1.13 bits per heavy atom. The van der Waals surface area contributed by atoms with Crippen LogP contribution in [0.5, 0.6) is 0 Å². The first-order valence-electron chi connectivity index (χ1n) is 9.90. The molecule has 2 aromatic heterocycles. The summed E-state index contributed by atoms with van der Waals surface area (Å²) < 4.78 is 33.1. The molecule has 3 heterocycles. The van der Waals surface area contributed by atoms with Crippen molar-refractivity contribution in [2.75, 3.05) is 44.2 Å². The number of amides is 1. The van der Waals surface area contributed by atoms with Gasteiger partial charge < -0.3 is 19.5 Å². The Hall–Kier alpha value is -2.99. The quantitative estimate of drug-likeness (QED) is 0.572. The normalized spacial score (nSPS) is 14.5. The SMILES string of the molecule is CCOC(=O)c1c(C)[nH]c(C)c1S(=O)(=O)NCC(=O)N1CCN(c2ncccn2)CC1. The van der Waals surface area contributed by atoms with Crippen LogP contribution in [0.15, 0.2) is 23.4 Å². The zero-order chi connectivity index (χ0) is 22.6. The predicted octanol–water partition coefficient (Wildman–Crippen LogP) is 0.225. The molecule has 1 aliphatic rings. The van der Waals surface area contributed by atoms with Crippen molar-refractivity contribution in [1.82, 2.24) is 24.6 Å². The van der Waals surface area contributed by atoms with Crippen LogP contribution in [0, 0.1) is 13.8 Å². The standard InChI is InChI=1S/C19H26N6O5S/c1-4-30-18(27)16-13(2)23-14(3)17(16)31(28,29)22-12-15(26)24-8-10-25(11-9-24)19-20-6-5-7-21-19/h5-7,22-23H,4,8-12H2,1-3H3. The van der Waals surface area contributed by atoms with Crippen LogP contribution in [-0.2, 0) is 19.6 Å². The van der Waals surface area contributed by atoms with Gasteiger partial charge in [0.05, 0.1) is 13.2 Å². The van der Waals surface area contributed by atoms with Crippen molar-refractivity contribution in [3.8, 4) is 0 Å². The second kappa shape index (κ2) is 9.43. The molecular weight excluding hydrogens is 424 g/mol. The molecule has 0 unspecified atom stereocenters. The van der Waals surface area contributed by atoms with E-state index in [2.05, 4.69) is 19.7 Å². The second-order valence-corrected chi connectivity index (χ2v) is 8.74. The number of carbonyl (C=O) groups is 2. The molecule has 1 amide bonds. The van der Waals surface area contributed by atoms with Crippen LogP contribution in [0.4, 0.5) is 5.95 Å². The fourth-order valence-corrected chi connectivity index (χ4v) is 4.91. The molecule has 168 valence electrons. The fourth-order valence-electron chi connectivity index (χ4n) is 3.49. The van der Waals surface area contributed by atoms with Crippen LogP contribution >= 0.6 is 0 Å². The van der Waals surface area contributed by atoms with Crippen molar-refractivity contribution < 1.29 is 22.7 Å². The lowest BCUT2D eigenvalue weighted by Gasteiger charge is -2.34. The molecule has 2 aromatic rings. The molecule has 12 heteroatoms. The van der Waals surface area contributed by atoms with Crippen molar-refractivity contribution in [3.05, 3.63) is 35.4 Å². The monoisotopic (exact) mass is 450 g/mol. The summed E-state index contributed by atoms with van der Waals surface area (Å²) in [5.74, 6) is -0.477. The number of H-pyrrole nitrogens is 1. The number of hydrogen-bond acceptors (Lipinski definition) is 8. The number of sulfonamides is 1. The summed E-state index contributed by atoms with van der Waals surface area (Å²) in [7, 11) is -4.11. The molecule has 0 bridgehead atoms. The lowest BCUT2D eigenvalue weighted by atomic mass is 10.2. The molecule has 1 saturated heterocycles. The summed E-state index contributed by atoms with van der Waals surface area (Å²) in [6.07, 6.45) is 3.31. The number of hydrogen-bond donors (Lipinski definition) is 2. The number of esters is 1. The number of aromatic amines is 1. The Balaban J connectivity index is 1.64. The number of aromatic nitrogens is 3. The van der Waals surface area contributed by atoms with Crippen LogP contribution in [0.25, 0.3) is 0 Å². The number of anilines is 1. The Labute approximate surface area is 180 Å². The van der Waals surface area contributed by atoms with Crippen molar-refractivity contribution in [2.45, 2.75) is 25.7 Å². The Morgan fingerprint density at radius 2 is 1.77 bits per heavy atom. The van der Waals surface area contributed by atoms with Gasteiger partial charge in [0.2, 0.25) is 21.9 Å². The van der Waals surface area contributed by atoms with E-state index in [1.165, 1.54) is 0 Å². The highest BCUT2D eigenvalue weighted by atomic mass is 32.2. The number of nitrogens with zero attached hydrogens (tertiary/aromatic N) is 4. The van der Waals surface area contributed by atoms with E-state index in [4.69, 9.17) is 4.74 Å². The summed E-state index contributed by atoms with van der Waals surface area (Å²) >= 11 is 0. The van der Waals surface area contributed by atoms with E-state index in [1.54, 1.807) is 44.1 Å². The predicted molar refractivity (Wildman–Crippen MR) is 112 cm³/mol. The number of piperazine rings is 1. The topological polar surface area (TPSA) is 138 Å². The maximum absolute atomic E-state index is 12.9. The van der Waals surface area contributed by atoms with Gasteiger partial charge in [0.1, 0.15) is 10.5 Å². The molecule has 2 N–H and O–H groups in total. The average Bonchev–Trinajstić information content (AvgIpc) is 3.07. The van der Waals surface area contributed by atoms with Gasteiger partial charge >= 0.3 is 5.97 Å². The minimum absolute atomic E-state index is 0.0456. The minimum atomic E-state index is -4.11. The van der Waals surface area contributed by atoms with Crippen molar-refractivity contribution in [3.63, 3.8) is 0 Å². The molecule has 3 rings (SSSR count). The van der Waals surface area contributed by atoms with Crippen LogP contribution in [0.2, 0.25) is 0 Å². The molecule has 0 atom stereocenters. The highest BCUT2D eigenvalue weighted by Gasteiger charge is 2.31. The van der Waals surface area contributed by atoms with E-state index >= 15 is 0 Å². The van der Waals surface area contributed by atoms with Crippen LogP contribution in [0.1, 0.15) is 28.7 Å². The van der Waals surface area contributed by atoms with E-state index in [9.17, 15) is 18.0 Å². The number of aryl methyl sites for hydroxylation is 2. The van der Waals surface area contributed by atoms with E-state index in [0.29, 0.717) is 43.5 Å². The van der Waals surface area contributed by atoms with E-state index < -0.39 is 22.5 Å². The van der Waals surface area contributed by atoms with E-state index in [1.807, 2.05) is 4.90 Å². The Kier molecular flexibility index (Phi) is 6.91. The third-order valence-corrected chi connectivity index (χ3v) is 6.52. The first kappa shape index (κ1) is 22.7. The zero-order valence-corrected chi connectivity index (χ0v) is 18.5. The third-order valence-electron chi connectivity index (χ3n) is 4.95. The van der Waals surface area contributed by atoms with Crippen LogP contribution in [0.3, 0.4) is 0 Å². The molecule has 0 aromatic carbocycles.